The second kappa shape index (κ2) is 7.63. The molecule has 3 rings (SSSR count). The van der Waals surface area contributed by atoms with Gasteiger partial charge >= 0.3 is 0 Å². The van der Waals surface area contributed by atoms with Crippen molar-refractivity contribution in [2.24, 2.45) is 0 Å². The Balaban J connectivity index is 1.82. The van der Waals surface area contributed by atoms with Gasteiger partial charge in [-0.15, -0.1) is 0 Å². The lowest BCUT2D eigenvalue weighted by atomic mass is 9.82. The smallest absolute Gasteiger partial charge is 0.0416 e. The first kappa shape index (κ1) is 16.0. The highest BCUT2D eigenvalue weighted by Gasteiger charge is 2.19. The summed E-state index contributed by atoms with van der Waals surface area (Å²) in [5.74, 6) is 1.31. The minimum absolute atomic E-state index is 0.588. The zero-order valence-corrected chi connectivity index (χ0v) is 14.4. The minimum Gasteiger partial charge on any atom is -0.381 e. The Bertz CT molecular complexity index is 613. The lowest BCUT2D eigenvalue weighted by Crippen LogP contribution is -2.10. The SMILES string of the molecule is CC(C)c1ccc(NCc2cccnc2)c(C2CCCCC2)c1. The van der Waals surface area contributed by atoms with E-state index in [9.17, 15) is 0 Å². The van der Waals surface area contributed by atoms with Crippen LogP contribution >= 0.6 is 0 Å². The topological polar surface area (TPSA) is 24.9 Å². The number of rotatable bonds is 5. The first-order valence-corrected chi connectivity index (χ1v) is 9.00. The van der Waals surface area contributed by atoms with E-state index in [2.05, 4.69) is 48.4 Å². The van der Waals surface area contributed by atoms with E-state index in [0.29, 0.717) is 5.92 Å². The molecular formula is C21H28N2. The van der Waals surface area contributed by atoms with E-state index in [-0.39, 0.29) is 0 Å². The number of hydrogen-bond acceptors (Lipinski definition) is 2. The fourth-order valence-corrected chi connectivity index (χ4v) is 3.55. The molecular weight excluding hydrogens is 280 g/mol. The standard InChI is InChI=1S/C21H28N2/c1-16(2)19-10-11-21(23-15-17-7-6-12-22-14-17)20(13-19)18-8-4-3-5-9-18/h6-7,10-14,16,18,23H,3-5,8-9,15H2,1-2H3. The minimum atomic E-state index is 0.588. The van der Waals surface area contributed by atoms with E-state index in [4.69, 9.17) is 0 Å². The predicted octanol–water partition coefficient (Wildman–Crippen LogP) is 5.86. The number of nitrogens with one attached hydrogen (secondary N) is 1. The van der Waals surface area contributed by atoms with Gasteiger partial charge in [-0.05, 0) is 53.5 Å². The van der Waals surface area contributed by atoms with E-state index >= 15 is 0 Å². The van der Waals surface area contributed by atoms with Crippen molar-refractivity contribution < 1.29 is 0 Å². The van der Waals surface area contributed by atoms with Gasteiger partial charge in [0.2, 0.25) is 0 Å². The first-order chi connectivity index (χ1) is 11.2. The molecule has 122 valence electrons. The van der Waals surface area contributed by atoms with Crippen LogP contribution < -0.4 is 5.32 Å². The second-order valence-electron chi connectivity index (χ2n) is 7.05. The lowest BCUT2D eigenvalue weighted by molar-refractivity contribution is 0.444. The molecule has 1 aliphatic rings. The van der Waals surface area contributed by atoms with Crippen molar-refractivity contribution in [2.75, 3.05) is 5.32 Å². The quantitative estimate of drug-likeness (QED) is 0.747. The molecule has 2 heteroatoms. The van der Waals surface area contributed by atoms with Crippen molar-refractivity contribution in [2.45, 2.75) is 64.3 Å². The molecule has 0 saturated heterocycles. The van der Waals surface area contributed by atoms with Gasteiger partial charge in [0, 0.05) is 24.6 Å². The number of aromatic nitrogens is 1. The molecule has 0 bridgehead atoms. The predicted molar refractivity (Wildman–Crippen MR) is 97.9 cm³/mol. The highest BCUT2D eigenvalue weighted by atomic mass is 14.9. The zero-order chi connectivity index (χ0) is 16.1. The number of nitrogens with zero attached hydrogens (tertiary/aromatic N) is 1. The molecule has 2 nitrogen and oxygen atoms in total. The normalized spacial score (nSPS) is 15.8. The molecule has 0 unspecified atom stereocenters. The van der Waals surface area contributed by atoms with Crippen LogP contribution in [0, 0.1) is 0 Å². The second-order valence-corrected chi connectivity index (χ2v) is 7.05. The number of hydrogen-bond donors (Lipinski definition) is 1. The van der Waals surface area contributed by atoms with E-state index in [1.807, 2.05) is 18.5 Å². The van der Waals surface area contributed by atoms with Crippen LogP contribution in [0.3, 0.4) is 0 Å². The Kier molecular flexibility index (Phi) is 5.32. The molecule has 1 aromatic carbocycles. The Morgan fingerprint density at radius 1 is 1.13 bits per heavy atom. The van der Waals surface area contributed by atoms with Gasteiger partial charge in [0.25, 0.3) is 0 Å². The van der Waals surface area contributed by atoms with Gasteiger partial charge < -0.3 is 5.32 Å². The lowest BCUT2D eigenvalue weighted by Gasteiger charge is -2.26. The third-order valence-electron chi connectivity index (χ3n) is 4.99. The molecule has 23 heavy (non-hydrogen) atoms. The highest BCUT2D eigenvalue weighted by Crippen LogP contribution is 2.38. The summed E-state index contributed by atoms with van der Waals surface area (Å²) in [4.78, 5) is 4.21. The van der Waals surface area contributed by atoms with Gasteiger partial charge in [0.05, 0.1) is 0 Å². The summed E-state index contributed by atoms with van der Waals surface area (Å²) < 4.78 is 0. The summed E-state index contributed by atoms with van der Waals surface area (Å²) in [7, 11) is 0. The van der Waals surface area contributed by atoms with Crippen LogP contribution in [0.5, 0.6) is 0 Å². The number of benzene rings is 1. The number of pyridine rings is 1. The van der Waals surface area contributed by atoms with E-state index < -0.39 is 0 Å². The molecule has 0 aliphatic heterocycles. The van der Waals surface area contributed by atoms with Crippen LogP contribution in [0.2, 0.25) is 0 Å². The fraction of sp³-hybridized carbons (Fsp3) is 0.476. The Hall–Kier alpha value is -1.83. The molecule has 1 aliphatic carbocycles. The van der Waals surface area contributed by atoms with Gasteiger partial charge in [-0.3, -0.25) is 4.98 Å². The summed E-state index contributed by atoms with van der Waals surface area (Å²) >= 11 is 0. The van der Waals surface area contributed by atoms with Crippen LogP contribution in [0.15, 0.2) is 42.7 Å². The Labute approximate surface area is 140 Å². The van der Waals surface area contributed by atoms with Crippen LogP contribution in [0.4, 0.5) is 5.69 Å². The number of anilines is 1. The van der Waals surface area contributed by atoms with Crippen molar-refractivity contribution in [3.63, 3.8) is 0 Å². The van der Waals surface area contributed by atoms with Crippen LogP contribution in [-0.2, 0) is 6.54 Å². The molecule has 1 saturated carbocycles. The van der Waals surface area contributed by atoms with Gasteiger partial charge in [0.1, 0.15) is 0 Å². The van der Waals surface area contributed by atoms with Crippen LogP contribution in [0.1, 0.15) is 74.5 Å². The average Bonchev–Trinajstić information content (AvgIpc) is 2.61. The first-order valence-electron chi connectivity index (χ1n) is 9.00. The maximum Gasteiger partial charge on any atom is 0.0416 e. The van der Waals surface area contributed by atoms with Crippen molar-refractivity contribution in [1.82, 2.24) is 4.98 Å². The van der Waals surface area contributed by atoms with Gasteiger partial charge in [0.15, 0.2) is 0 Å². The molecule has 1 aromatic heterocycles. The molecule has 0 radical (unpaired) electrons. The monoisotopic (exact) mass is 308 g/mol. The molecule has 0 spiro atoms. The summed E-state index contributed by atoms with van der Waals surface area (Å²) in [6.07, 6.45) is 10.6. The van der Waals surface area contributed by atoms with Crippen LogP contribution in [0.25, 0.3) is 0 Å². The third-order valence-corrected chi connectivity index (χ3v) is 4.99. The highest BCUT2D eigenvalue weighted by molar-refractivity contribution is 5.55. The molecule has 1 fully saturated rings. The Morgan fingerprint density at radius 3 is 2.65 bits per heavy atom. The summed E-state index contributed by atoms with van der Waals surface area (Å²) in [5, 5.41) is 3.65. The van der Waals surface area contributed by atoms with Gasteiger partial charge in [-0.25, -0.2) is 0 Å². The fourth-order valence-electron chi connectivity index (χ4n) is 3.55. The van der Waals surface area contributed by atoms with Crippen LogP contribution in [-0.4, -0.2) is 4.98 Å². The van der Waals surface area contributed by atoms with E-state index in [0.717, 1.165) is 12.5 Å². The largest absolute Gasteiger partial charge is 0.381 e. The van der Waals surface area contributed by atoms with Crippen molar-refractivity contribution in [1.29, 1.82) is 0 Å². The summed E-state index contributed by atoms with van der Waals surface area (Å²) in [5.41, 5.74) is 5.53. The molecule has 0 atom stereocenters. The van der Waals surface area contributed by atoms with Gasteiger partial charge in [-0.1, -0.05) is 51.3 Å². The molecule has 2 aromatic rings. The van der Waals surface area contributed by atoms with E-state index in [1.165, 1.54) is 54.5 Å². The maximum absolute atomic E-state index is 4.21. The average molecular weight is 308 g/mol. The molecule has 1 heterocycles. The summed E-state index contributed by atoms with van der Waals surface area (Å²) in [6, 6.07) is 11.1. The third kappa shape index (κ3) is 4.13. The Morgan fingerprint density at radius 2 is 1.96 bits per heavy atom. The van der Waals surface area contributed by atoms with Crippen molar-refractivity contribution in [3.05, 3.63) is 59.4 Å². The maximum atomic E-state index is 4.21. The molecule has 0 amide bonds. The van der Waals surface area contributed by atoms with E-state index in [1.54, 1.807) is 0 Å². The molecule has 1 N–H and O–H groups in total. The summed E-state index contributed by atoms with van der Waals surface area (Å²) in [6.45, 7) is 5.40. The van der Waals surface area contributed by atoms with Gasteiger partial charge in [-0.2, -0.15) is 0 Å². The van der Waals surface area contributed by atoms with Crippen molar-refractivity contribution in [3.8, 4) is 0 Å². The zero-order valence-electron chi connectivity index (χ0n) is 14.4. The van der Waals surface area contributed by atoms with Crippen molar-refractivity contribution >= 4 is 5.69 Å².